The molecule has 0 saturated carbocycles. The number of hydrogen-bond donors (Lipinski definition) is 3. The van der Waals surface area contributed by atoms with Gasteiger partial charge in [-0.15, -0.1) is 0 Å². The number of aliphatic hydroxyl groups excluding tert-OH is 1. The third-order valence-corrected chi connectivity index (χ3v) is 7.35. The third-order valence-electron chi connectivity index (χ3n) is 6.69. The van der Waals surface area contributed by atoms with Crippen LogP contribution in [0.1, 0.15) is 10.4 Å². The molecule has 5 heterocycles. The van der Waals surface area contributed by atoms with Crippen molar-refractivity contribution < 1.29 is 38.3 Å². The van der Waals surface area contributed by atoms with E-state index < -0.39 is 29.0 Å². The molecule has 1 fully saturated rings. The van der Waals surface area contributed by atoms with Crippen LogP contribution in [0.25, 0.3) is 16.2 Å². The Kier molecular flexibility index (Phi) is 10.2. The molecule has 234 valence electrons. The summed E-state index contributed by atoms with van der Waals surface area (Å²) in [4.78, 5) is 38.7. The second kappa shape index (κ2) is 14.5. The van der Waals surface area contributed by atoms with E-state index in [1.54, 1.807) is 24.1 Å². The largest absolute Gasteiger partial charge is 0.490 e. The van der Waals surface area contributed by atoms with Crippen molar-refractivity contribution in [2.45, 2.75) is 6.23 Å². The smallest absolute Gasteiger partial charge is 0.341 e. The van der Waals surface area contributed by atoms with Crippen LogP contribution in [0.4, 0.5) is 16.0 Å². The number of pyridine rings is 3. The fraction of sp³-hybridized carbons (Fsp3) is 0.407. The Hall–Kier alpha value is -4.29. The maximum atomic E-state index is 15.2. The van der Waals surface area contributed by atoms with Gasteiger partial charge in [0.05, 0.1) is 44.6 Å². The number of anilines is 2. The first kappa shape index (κ1) is 31.1. The molecule has 0 amide bonds. The number of halogens is 1. The summed E-state index contributed by atoms with van der Waals surface area (Å²) in [6.07, 6.45) is 2.93. The number of ether oxygens (including phenoxy) is 4. The van der Waals surface area contributed by atoms with Gasteiger partial charge in [0.15, 0.2) is 17.3 Å². The van der Waals surface area contributed by atoms with E-state index in [9.17, 15) is 19.8 Å². The van der Waals surface area contributed by atoms with Crippen LogP contribution in [0.2, 0.25) is 0 Å². The number of nitrogens with one attached hydrogen (secondary N) is 1. The molecule has 0 radical (unpaired) electrons. The fourth-order valence-corrected chi connectivity index (χ4v) is 4.91. The van der Waals surface area contributed by atoms with Crippen molar-refractivity contribution >= 4 is 40.2 Å². The molecule has 0 spiro atoms. The minimum atomic E-state index is -1.45. The molecule has 1 unspecified atom stereocenters. The fourth-order valence-electron chi connectivity index (χ4n) is 4.40. The first-order chi connectivity index (χ1) is 21.4. The molecule has 0 aliphatic carbocycles. The molecule has 4 aromatic heterocycles. The second-order valence-corrected chi connectivity index (χ2v) is 10.4. The Morgan fingerprint density at radius 3 is 2.57 bits per heavy atom. The van der Waals surface area contributed by atoms with E-state index >= 15 is 4.39 Å². The summed E-state index contributed by atoms with van der Waals surface area (Å²) in [5.74, 6) is -1.59. The van der Waals surface area contributed by atoms with Crippen molar-refractivity contribution in [1.82, 2.24) is 23.9 Å². The molecular weight excluding hydrogens is 601 g/mol. The van der Waals surface area contributed by atoms with Gasteiger partial charge in [-0.1, -0.05) is 0 Å². The highest BCUT2D eigenvalue weighted by molar-refractivity contribution is 7.08. The van der Waals surface area contributed by atoms with Gasteiger partial charge >= 0.3 is 5.97 Å². The number of rotatable bonds is 16. The summed E-state index contributed by atoms with van der Waals surface area (Å²) < 4.78 is 41.6. The number of carboxylic acids is 1. The molecule has 44 heavy (non-hydrogen) atoms. The molecule has 15 nitrogen and oxygen atoms in total. The molecule has 4 aromatic rings. The molecule has 1 aliphatic rings. The van der Waals surface area contributed by atoms with Crippen LogP contribution in [0.15, 0.2) is 41.7 Å². The zero-order valence-electron chi connectivity index (χ0n) is 23.6. The first-order valence-electron chi connectivity index (χ1n) is 13.5. The maximum Gasteiger partial charge on any atom is 0.341 e. The van der Waals surface area contributed by atoms with Gasteiger partial charge in [-0.2, -0.15) is 4.37 Å². The lowest BCUT2D eigenvalue weighted by atomic mass is 9.98. The molecule has 1 saturated heterocycles. The van der Waals surface area contributed by atoms with E-state index in [1.165, 1.54) is 17.1 Å². The average molecular weight is 632 g/mol. The summed E-state index contributed by atoms with van der Waals surface area (Å²) in [5, 5.41) is 23.2. The molecule has 1 aliphatic heterocycles. The maximum absolute atomic E-state index is 15.2. The van der Waals surface area contributed by atoms with Gasteiger partial charge in [0.1, 0.15) is 36.3 Å². The topological polar surface area (TPSA) is 183 Å². The standard InChI is InChI=1S/C27H30FN7O8S/c1-40-4-5-41-6-7-42-8-9-43-17-2-3-21(29-11-17)32-25(37)16-12-34(13-16)24-20(28)10-18-22(36)19(26(38)39)14-35(23(18)33-24)27-30-15-31-44-27/h2-3,10-11,14-16,25,37H,4-9,12-13H2,1H3,(H,29,32)(H,38,39). The molecule has 17 heteroatoms. The predicted molar refractivity (Wildman–Crippen MR) is 156 cm³/mol. The van der Waals surface area contributed by atoms with E-state index in [0.29, 0.717) is 51.2 Å². The summed E-state index contributed by atoms with van der Waals surface area (Å²) >= 11 is 0.962. The van der Waals surface area contributed by atoms with Gasteiger partial charge in [0.25, 0.3) is 0 Å². The van der Waals surface area contributed by atoms with Gasteiger partial charge in [0, 0.05) is 43.8 Å². The summed E-state index contributed by atoms with van der Waals surface area (Å²) in [5.41, 5.74) is -1.36. The van der Waals surface area contributed by atoms with Crippen LogP contribution < -0.4 is 20.4 Å². The average Bonchev–Trinajstić information content (AvgIpc) is 3.52. The van der Waals surface area contributed by atoms with Gasteiger partial charge in [-0.05, 0) is 18.2 Å². The van der Waals surface area contributed by atoms with E-state index in [1.807, 2.05) is 0 Å². The summed E-state index contributed by atoms with van der Waals surface area (Å²) in [6, 6.07) is 4.36. The van der Waals surface area contributed by atoms with Crippen LogP contribution >= 0.6 is 11.5 Å². The second-order valence-electron chi connectivity index (χ2n) is 9.64. The Balaban J connectivity index is 1.15. The van der Waals surface area contributed by atoms with E-state index in [2.05, 4.69) is 24.6 Å². The number of aliphatic hydroxyl groups is 1. The van der Waals surface area contributed by atoms with Gasteiger partial charge < -0.3 is 39.4 Å². The molecular formula is C27H30FN7O8S. The Morgan fingerprint density at radius 2 is 1.91 bits per heavy atom. The minimum Gasteiger partial charge on any atom is -0.490 e. The van der Waals surface area contributed by atoms with Crippen LogP contribution in [0.3, 0.4) is 0 Å². The lowest BCUT2D eigenvalue weighted by molar-refractivity contribution is 0.0179. The van der Waals surface area contributed by atoms with E-state index in [-0.39, 0.29) is 41.0 Å². The van der Waals surface area contributed by atoms with Crippen molar-refractivity contribution in [2.75, 3.05) is 70.1 Å². The monoisotopic (exact) mass is 631 g/mol. The van der Waals surface area contributed by atoms with Crippen LogP contribution in [0, 0.1) is 11.7 Å². The molecule has 5 rings (SSSR count). The van der Waals surface area contributed by atoms with E-state index in [4.69, 9.17) is 18.9 Å². The predicted octanol–water partition coefficient (Wildman–Crippen LogP) is 1.39. The number of nitrogens with zero attached hydrogens (tertiary/aromatic N) is 6. The van der Waals surface area contributed by atoms with Crippen molar-refractivity contribution in [3.8, 4) is 10.9 Å². The van der Waals surface area contributed by atoms with Gasteiger partial charge in [-0.3, -0.25) is 9.36 Å². The van der Waals surface area contributed by atoms with Crippen molar-refractivity contribution in [2.24, 2.45) is 5.92 Å². The Bertz CT molecular complexity index is 1620. The summed E-state index contributed by atoms with van der Waals surface area (Å²) in [6.45, 7) is 3.24. The number of carbonyl (C=O) groups is 1. The van der Waals surface area contributed by atoms with Crippen LogP contribution in [0.5, 0.6) is 5.75 Å². The minimum absolute atomic E-state index is 0.0380. The number of aromatic nitrogens is 5. The van der Waals surface area contributed by atoms with Gasteiger partial charge in [0.2, 0.25) is 10.6 Å². The highest BCUT2D eigenvalue weighted by Gasteiger charge is 2.35. The zero-order valence-corrected chi connectivity index (χ0v) is 24.4. The van der Waals surface area contributed by atoms with Gasteiger partial charge in [-0.25, -0.2) is 24.1 Å². The molecule has 1 atom stereocenters. The number of carboxylic acid groups (broad SMARTS) is 1. The number of methoxy groups -OCH3 is 1. The number of hydrogen-bond acceptors (Lipinski definition) is 14. The quantitative estimate of drug-likeness (QED) is 0.119. The Labute approximate surface area is 254 Å². The SMILES string of the molecule is COCCOCCOCCOc1ccc(NC(O)C2CN(c3nc4c(cc3F)c(=O)c(C(=O)O)cn4-c3ncns3)C2)nc1. The first-order valence-corrected chi connectivity index (χ1v) is 14.3. The molecule has 0 bridgehead atoms. The molecule has 0 aromatic carbocycles. The van der Waals surface area contributed by atoms with Crippen molar-refractivity contribution in [3.05, 3.63) is 58.5 Å². The normalized spacial score (nSPS) is 14.0. The van der Waals surface area contributed by atoms with Crippen LogP contribution in [-0.2, 0) is 14.2 Å². The van der Waals surface area contributed by atoms with Crippen molar-refractivity contribution in [3.63, 3.8) is 0 Å². The third kappa shape index (κ3) is 7.25. The van der Waals surface area contributed by atoms with Crippen molar-refractivity contribution in [1.29, 1.82) is 0 Å². The Morgan fingerprint density at radius 1 is 1.16 bits per heavy atom. The number of fused-ring (bicyclic) bond motifs is 1. The highest BCUT2D eigenvalue weighted by Crippen LogP contribution is 2.30. The summed E-state index contributed by atoms with van der Waals surface area (Å²) in [7, 11) is 1.61. The number of aromatic carboxylic acids is 1. The van der Waals surface area contributed by atoms with Crippen LogP contribution in [-0.4, -0.2) is 106 Å². The lowest BCUT2D eigenvalue weighted by Crippen LogP contribution is -2.54. The highest BCUT2D eigenvalue weighted by atomic mass is 32.1. The lowest BCUT2D eigenvalue weighted by Gasteiger charge is -2.42. The van der Waals surface area contributed by atoms with E-state index in [0.717, 1.165) is 23.8 Å². The molecule has 3 N–H and O–H groups in total. The zero-order chi connectivity index (χ0) is 31.1.